The summed E-state index contributed by atoms with van der Waals surface area (Å²) in [6, 6.07) is 5.93. The zero-order chi connectivity index (χ0) is 18.0. The van der Waals surface area contributed by atoms with Crippen LogP contribution in [0.25, 0.3) is 11.5 Å². The van der Waals surface area contributed by atoms with E-state index in [4.69, 9.17) is 8.94 Å². The minimum atomic E-state index is -3.20. The molecule has 0 radical (unpaired) electrons. The second kappa shape index (κ2) is 6.96. The third-order valence-electron chi connectivity index (χ3n) is 3.38. The normalized spacial score (nSPS) is 11.8. The minimum absolute atomic E-state index is 0.138. The Balaban J connectivity index is 1.65. The van der Waals surface area contributed by atoms with Crippen molar-refractivity contribution in [1.82, 2.24) is 20.3 Å². The molecule has 0 unspecified atom stereocenters. The minimum Gasteiger partial charge on any atom is -0.411 e. The van der Waals surface area contributed by atoms with Crippen molar-refractivity contribution in [3.05, 3.63) is 41.0 Å². The van der Waals surface area contributed by atoms with E-state index in [1.165, 1.54) is 17.3 Å². The average Bonchev–Trinajstić information content (AvgIpc) is 3.15. The molecule has 0 fully saturated rings. The summed E-state index contributed by atoms with van der Waals surface area (Å²) in [4.78, 5) is 4.03. The Kier molecular flexibility index (Phi) is 4.91. The monoisotopic (exact) mass is 380 g/mol. The van der Waals surface area contributed by atoms with Crippen molar-refractivity contribution in [3.8, 4) is 11.5 Å². The summed E-state index contributed by atoms with van der Waals surface area (Å²) >= 11 is 1.24. The highest BCUT2D eigenvalue weighted by Gasteiger charge is 2.15. The number of aromatic nitrogens is 4. The SMILES string of the molecule is Cc1ccc(-c2nnc(SCc3nc(CS(C)(=O)=O)no3)o2)cc1C. The van der Waals surface area contributed by atoms with Gasteiger partial charge in [-0.2, -0.15) is 4.98 Å². The molecule has 0 aliphatic rings. The maximum atomic E-state index is 11.2. The second-order valence-electron chi connectivity index (χ2n) is 5.64. The third kappa shape index (κ3) is 4.67. The molecular weight excluding hydrogens is 364 g/mol. The Morgan fingerprint density at radius 2 is 1.96 bits per heavy atom. The molecule has 25 heavy (non-hydrogen) atoms. The molecule has 0 saturated heterocycles. The van der Waals surface area contributed by atoms with Gasteiger partial charge >= 0.3 is 0 Å². The topological polar surface area (TPSA) is 112 Å². The summed E-state index contributed by atoms with van der Waals surface area (Å²) in [5.41, 5.74) is 3.20. The van der Waals surface area contributed by atoms with Crippen LogP contribution in [0.4, 0.5) is 0 Å². The molecule has 8 nitrogen and oxygen atoms in total. The molecule has 2 heterocycles. The standard InChI is InChI=1S/C15H16N4O4S2/c1-9-4-5-11(6-10(9)2)14-17-18-15(22-14)24-7-13-16-12(19-23-13)8-25(3,20)21/h4-6H,7-8H2,1-3H3. The van der Waals surface area contributed by atoms with E-state index in [0.29, 0.717) is 22.8 Å². The van der Waals surface area contributed by atoms with E-state index in [1.807, 2.05) is 32.0 Å². The molecule has 0 aliphatic heterocycles. The molecular formula is C15H16N4O4S2. The molecule has 0 aliphatic carbocycles. The predicted octanol–water partition coefficient (Wildman–Crippen LogP) is 2.57. The Morgan fingerprint density at radius 3 is 2.68 bits per heavy atom. The Labute approximate surface area is 149 Å². The van der Waals surface area contributed by atoms with Crippen LogP contribution in [0.3, 0.4) is 0 Å². The summed E-state index contributed by atoms with van der Waals surface area (Å²) in [5.74, 6) is 0.937. The van der Waals surface area contributed by atoms with Gasteiger partial charge in [0, 0.05) is 11.8 Å². The summed E-state index contributed by atoms with van der Waals surface area (Å²) in [5, 5.41) is 12.0. The Hall–Kier alpha value is -2.20. The smallest absolute Gasteiger partial charge is 0.277 e. The number of hydrogen-bond acceptors (Lipinski definition) is 9. The van der Waals surface area contributed by atoms with Crippen LogP contribution >= 0.6 is 11.8 Å². The van der Waals surface area contributed by atoms with Gasteiger partial charge < -0.3 is 8.94 Å². The molecule has 0 saturated carbocycles. The van der Waals surface area contributed by atoms with Gasteiger partial charge in [0.1, 0.15) is 5.75 Å². The van der Waals surface area contributed by atoms with Crippen molar-refractivity contribution in [1.29, 1.82) is 0 Å². The average molecular weight is 380 g/mol. The van der Waals surface area contributed by atoms with E-state index in [2.05, 4.69) is 20.3 Å². The largest absolute Gasteiger partial charge is 0.411 e. The van der Waals surface area contributed by atoms with Gasteiger partial charge in [0.15, 0.2) is 15.7 Å². The summed E-state index contributed by atoms with van der Waals surface area (Å²) < 4.78 is 33.1. The molecule has 3 rings (SSSR count). The highest BCUT2D eigenvalue weighted by molar-refractivity contribution is 7.98. The van der Waals surface area contributed by atoms with E-state index in [0.717, 1.165) is 17.4 Å². The molecule has 0 bridgehead atoms. The maximum Gasteiger partial charge on any atom is 0.277 e. The fourth-order valence-electron chi connectivity index (χ4n) is 2.02. The van der Waals surface area contributed by atoms with Crippen LogP contribution in [0.5, 0.6) is 0 Å². The molecule has 0 atom stereocenters. The number of sulfone groups is 1. The second-order valence-corrected chi connectivity index (χ2v) is 8.70. The fraction of sp³-hybridized carbons (Fsp3) is 0.333. The van der Waals surface area contributed by atoms with E-state index in [9.17, 15) is 8.42 Å². The van der Waals surface area contributed by atoms with Crippen LogP contribution in [0, 0.1) is 13.8 Å². The van der Waals surface area contributed by atoms with E-state index >= 15 is 0 Å². The summed E-state index contributed by atoms with van der Waals surface area (Å²) in [7, 11) is -3.20. The first kappa shape index (κ1) is 17.6. The summed E-state index contributed by atoms with van der Waals surface area (Å²) in [6.45, 7) is 4.06. The van der Waals surface area contributed by atoms with Crippen molar-refractivity contribution in [2.24, 2.45) is 0 Å². The van der Waals surface area contributed by atoms with Gasteiger partial charge in [0.2, 0.25) is 11.8 Å². The van der Waals surface area contributed by atoms with Gasteiger partial charge in [0.25, 0.3) is 5.22 Å². The highest BCUT2D eigenvalue weighted by atomic mass is 32.2. The number of hydrogen-bond donors (Lipinski definition) is 0. The molecule has 3 aromatic rings. The van der Waals surface area contributed by atoms with E-state index < -0.39 is 9.84 Å². The van der Waals surface area contributed by atoms with Crippen molar-refractivity contribution in [3.63, 3.8) is 0 Å². The molecule has 132 valence electrons. The molecule has 0 amide bonds. The quantitative estimate of drug-likeness (QED) is 0.595. The van der Waals surface area contributed by atoms with E-state index in [1.54, 1.807) is 0 Å². The molecule has 1 aromatic carbocycles. The predicted molar refractivity (Wildman–Crippen MR) is 91.6 cm³/mol. The first-order valence-corrected chi connectivity index (χ1v) is 10.4. The van der Waals surface area contributed by atoms with Gasteiger partial charge in [0.05, 0.1) is 5.75 Å². The number of nitrogens with zero attached hydrogens (tertiary/aromatic N) is 4. The van der Waals surface area contributed by atoms with Gasteiger partial charge in [-0.25, -0.2) is 8.42 Å². The summed E-state index contributed by atoms with van der Waals surface area (Å²) in [6.07, 6.45) is 1.12. The highest BCUT2D eigenvalue weighted by Crippen LogP contribution is 2.26. The van der Waals surface area contributed by atoms with E-state index in [-0.39, 0.29) is 11.6 Å². The van der Waals surface area contributed by atoms with Crippen LogP contribution in [-0.2, 0) is 21.3 Å². The number of thioether (sulfide) groups is 1. The van der Waals surface area contributed by atoms with Crippen molar-refractivity contribution in [2.75, 3.05) is 6.26 Å². The lowest BCUT2D eigenvalue weighted by atomic mass is 10.1. The first-order valence-electron chi connectivity index (χ1n) is 7.33. The molecule has 2 aromatic heterocycles. The lowest BCUT2D eigenvalue weighted by molar-refractivity contribution is 0.385. The fourth-order valence-corrected chi connectivity index (χ4v) is 3.21. The Bertz CT molecular complexity index is 995. The maximum absolute atomic E-state index is 11.2. The zero-order valence-corrected chi connectivity index (χ0v) is 15.5. The number of benzene rings is 1. The van der Waals surface area contributed by atoms with Crippen molar-refractivity contribution in [2.45, 2.75) is 30.6 Å². The van der Waals surface area contributed by atoms with Crippen LogP contribution in [0.2, 0.25) is 0 Å². The number of rotatable bonds is 6. The lowest BCUT2D eigenvalue weighted by Crippen LogP contribution is -2.02. The Morgan fingerprint density at radius 1 is 1.16 bits per heavy atom. The van der Waals surface area contributed by atoms with Gasteiger partial charge in [-0.05, 0) is 37.1 Å². The van der Waals surface area contributed by atoms with Gasteiger partial charge in [-0.3, -0.25) is 0 Å². The lowest BCUT2D eigenvalue weighted by Gasteiger charge is -2.00. The number of aryl methyl sites for hydroxylation is 2. The van der Waals surface area contributed by atoms with Crippen LogP contribution in [-0.4, -0.2) is 35.0 Å². The first-order chi connectivity index (χ1) is 11.8. The molecule has 0 N–H and O–H groups in total. The zero-order valence-electron chi connectivity index (χ0n) is 13.9. The van der Waals surface area contributed by atoms with Crippen molar-refractivity contribution >= 4 is 21.6 Å². The van der Waals surface area contributed by atoms with Crippen LogP contribution in [0.15, 0.2) is 32.4 Å². The van der Waals surface area contributed by atoms with Gasteiger partial charge in [-0.1, -0.05) is 23.0 Å². The van der Waals surface area contributed by atoms with Crippen LogP contribution in [0.1, 0.15) is 22.8 Å². The van der Waals surface area contributed by atoms with Crippen molar-refractivity contribution < 1.29 is 17.4 Å². The third-order valence-corrected chi connectivity index (χ3v) is 4.97. The molecule has 10 heteroatoms. The van der Waals surface area contributed by atoms with Crippen LogP contribution < -0.4 is 0 Å². The molecule has 0 spiro atoms. The van der Waals surface area contributed by atoms with Gasteiger partial charge in [-0.15, -0.1) is 10.2 Å².